The van der Waals surface area contributed by atoms with Gasteiger partial charge in [-0.1, -0.05) is 33.3 Å². The molecule has 8 nitrogen and oxygen atoms in total. The van der Waals surface area contributed by atoms with Crippen molar-refractivity contribution in [3.8, 4) is 0 Å². The number of ketones is 1. The molecule has 200 valence electrons. The Bertz CT molecular complexity index is 1410. The number of primary amides is 1. The number of carbonyl (C=O) groups is 2. The van der Waals surface area contributed by atoms with Gasteiger partial charge in [0.25, 0.3) is 0 Å². The van der Waals surface area contributed by atoms with E-state index in [1.807, 2.05) is 6.07 Å². The number of nitrogens with zero attached hydrogens (tertiary/aromatic N) is 3. The van der Waals surface area contributed by atoms with Crippen molar-refractivity contribution in [3.05, 3.63) is 58.4 Å². The van der Waals surface area contributed by atoms with Crippen LogP contribution in [0.4, 0.5) is 5.82 Å². The number of aromatic nitrogens is 2. The summed E-state index contributed by atoms with van der Waals surface area (Å²) < 4.78 is 5.63. The first-order valence-electron chi connectivity index (χ1n) is 13.8. The normalized spacial score (nSPS) is 20.8. The molecular formula is C30H37N5O3. The number of aromatic amines is 1. The van der Waals surface area contributed by atoms with Crippen molar-refractivity contribution in [1.29, 1.82) is 0 Å². The minimum absolute atomic E-state index is 0.0284. The van der Waals surface area contributed by atoms with Gasteiger partial charge in [0.15, 0.2) is 5.78 Å². The molecule has 3 N–H and O–H groups in total. The second-order valence-corrected chi connectivity index (χ2v) is 11.6. The van der Waals surface area contributed by atoms with E-state index in [1.165, 1.54) is 12.8 Å². The fourth-order valence-corrected chi connectivity index (χ4v) is 7.02. The predicted octanol–water partition coefficient (Wildman–Crippen LogP) is 4.00. The average Bonchev–Trinajstić information content (AvgIpc) is 3.33. The fraction of sp³-hybridized carbons (Fsp3) is 0.500. The number of ether oxygens (including phenoxy) is 1. The standard InChI is InChI=1S/C30H37N5O3/c1-4-7-30(35-12-14-38-15-13-35)8-10-34(11-9-30)24-17-22-21(18-32-24)26(36)25-20-6-5-19(28(31)37)16-23(20)33-27(25)29(22,2)3/h5-6,16-18,33H,4,7-15H2,1-3H3,(H2,31,37). The lowest BCUT2D eigenvalue weighted by atomic mass is 9.72. The minimum Gasteiger partial charge on any atom is -0.379 e. The van der Waals surface area contributed by atoms with E-state index in [2.05, 4.69) is 41.6 Å². The van der Waals surface area contributed by atoms with E-state index in [0.717, 1.165) is 80.2 Å². The highest BCUT2D eigenvalue weighted by atomic mass is 16.5. The number of piperidine rings is 1. The molecule has 2 fully saturated rings. The first kappa shape index (κ1) is 25.1. The molecule has 2 aromatic heterocycles. The van der Waals surface area contributed by atoms with Gasteiger partial charge in [-0.15, -0.1) is 0 Å². The molecule has 0 bridgehead atoms. The van der Waals surface area contributed by atoms with Gasteiger partial charge in [-0.25, -0.2) is 4.98 Å². The number of hydrogen-bond donors (Lipinski definition) is 2. The van der Waals surface area contributed by atoms with E-state index in [1.54, 1.807) is 18.3 Å². The SMILES string of the molecule is CCCC1(N2CCOCC2)CCN(c2cc3c(cn2)C(=O)c2c([nH]c4cc(C(N)=O)ccc24)C3(C)C)CC1. The molecule has 8 heteroatoms. The third-order valence-corrected chi connectivity index (χ3v) is 9.16. The number of hydrogen-bond acceptors (Lipinski definition) is 6. The molecule has 1 amide bonds. The number of nitrogens with one attached hydrogen (secondary N) is 1. The topological polar surface area (TPSA) is 105 Å². The van der Waals surface area contributed by atoms with Crippen LogP contribution in [0.15, 0.2) is 30.5 Å². The first-order chi connectivity index (χ1) is 18.2. The quantitative estimate of drug-likeness (QED) is 0.532. The summed E-state index contributed by atoms with van der Waals surface area (Å²) in [6.07, 6.45) is 6.37. The summed E-state index contributed by atoms with van der Waals surface area (Å²) in [6.45, 7) is 12.1. The molecule has 6 rings (SSSR count). The van der Waals surface area contributed by atoms with Crippen LogP contribution in [0.5, 0.6) is 0 Å². The number of H-pyrrole nitrogens is 1. The Morgan fingerprint density at radius 3 is 2.55 bits per heavy atom. The molecule has 1 aromatic carbocycles. The number of benzene rings is 1. The van der Waals surface area contributed by atoms with Crippen molar-refractivity contribution >= 4 is 28.4 Å². The maximum atomic E-state index is 13.7. The molecule has 2 aliphatic heterocycles. The zero-order chi connectivity index (χ0) is 26.7. The van der Waals surface area contributed by atoms with Gasteiger partial charge in [-0.3, -0.25) is 14.5 Å². The van der Waals surface area contributed by atoms with Gasteiger partial charge in [-0.05, 0) is 43.0 Å². The van der Waals surface area contributed by atoms with Crippen molar-refractivity contribution in [1.82, 2.24) is 14.9 Å². The van der Waals surface area contributed by atoms with E-state index in [9.17, 15) is 9.59 Å². The van der Waals surface area contributed by atoms with Gasteiger partial charge in [0, 0.05) is 71.1 Å². The number of morpholine rings is 1. The number of rotatable bonds is 5. The third kappa shape index (κ3) is 3.84. The van der Waals surface area contributed by atoms with Gasteiger partial charge in [0.05, 0.1) is 18.8 Å². The molecular weight excluding hydrogens is 478 g/mol. The second-order valence-electron chi connectivity index (χ2n) is 11.6. The van der Waals surface area contributed by atoms with E-state index in [4.69, 9.17) is 15.5 Å². The Kier molecular flexibility index (Phi) is 6.07. The van der Waals surface area contributed by atoms with Crippen LogP contribution in [-0.4, -0.2) is 71.5 Å². The third-order valence-electron chi connectivity index (χ3n) is 9.16. The summed E-state index contributed by atoms with van der Waals surface area (Å²) in [7, 11) is 0. The number of pyridine rings is 1. The van der Waals surface area contributed by atoms with Crippen LogP contribution in [0.1, 0.15) is 84.0 Å². The van der Waals surface area contributed by atoms with E-state index < -0.39 is 11.3 Å². The molecule has 0 saturated carbocycles. The van der Waals surface area contributed by atoms with Gasteiger partial charge < -0.3 is 20.4 Å². The maximum Gasteiger partial charge on any atom is 0.248 e. The summed E-state index contributed by atoms with van der Waals surface area (Å²) >= 11 is 0. The summed E-state index contributed by atoms with van der Waals surface area (Å²) in [5, 5.41) is 0.809. The Morgan fingerprint density at radius 1 is 1.13 bits per heavy atom. The van der Waals surface area contributed by atoms with Crippen molar-refractivity contribution < 1.29 is 14.3 Å². The molecule has 0 spiro atoms. The molecule has 38 heavy (non-hydrogen) atoms. The smallest absolute Gasteiger partial charge is 0.248 e. The van der Waals surface area contributed by atoms with Gasteiger partial charge in [-0.2, -0.15) is 0 Å². The summed E-state index contributed by atoms with van der Waals surface area (Å²) in [5.74, 6) is 0.423. The Balaban J connectivity index is 1.31. The van der Waals surface area contributed by atoms with Crippen molar-refractivity contribution in [2.24, 2.45) is 5.73 Å². The van der Waals surface area contributed by atoms with Gasteiger partial charge in [0.2, 0.25) is 5.91 Å². The molecule has 0 atom stereocenters. The zero-order valence-electron chi connectivity index (χ0n) is 22.6. The summed E-state index contributed by atoms with van der Waals surface area (Å²) in [6, 6.07) is 7.36. The largest absolute Gasteiger partial charge is 0.379 e. The molecule has 2 saturated heterocycles. The van der Waals surface area contributed by atoms with E-state index in [0.29, 0.717) is 16.7 Å². The number of carbonyl (C=O) groups excluding carboxylic acids is 2. The van der Waals surface area contributed by atoms with E-state index >= 15 is 0 Å². The fourth-order valence-electron chi connectivity index (χ4n) is 7.02. The Morgan fingerprint density at radius 2 is 1.87 bits per heavy atom. The molecule has 3 aliphatic rings. The molecule has 3 aromatic rings. The highest BCUT2D eigenvalue weighted by molar-refractivity contribution is 6.20. The lowest BCUT2D eigenvalue weighted by Crippen LogP contribution is -2.58. The lowest BCUT2D eigenvalue weighted by molar-refractivity contribution is -0.0362. The summed E-state index contributed by atoms with van der Waals surface area (Å²) in [5.41, 5.74) is 9.65. The van der Waals surface area contributed by atoms with Crippen LogP contribution in [0.2, 0.25) is 0 Å². The average molecular weight is 516 g/mol. The van der Waals surface area contributed by atoms with Crippen LogP contribution in [0.25, 0.3) is 10.9 Å². The Hall–Kier alpha value is -3.23. The van der Waals surface area contributed by atoms with E-state index in [-0.39, 0.29) is 11.3 Å². The minimum atomic E-state index is -0.486. The monoisotopic (exact) mass is 515 g/mol. The summed E-state index contributed by atoms with van der Waals surface area (Å²) in [4.78, 5) is 38.8. The molecule has 0 radical (unpaired) electrons. The number of amides is 1. The Labute approximate surface area is 223 Å². The highest BCUT2D eigenvalue weighted by Gasteiger charge is 2.42. The number of anilines is 1. The predicted molar refractivity (Wildman–Crippen MR) is 148 cm³/mol. The number of nitrogens with two attached hydrogens (primary N) is 1. The van der Waals surface area contributed by atoms with Crippen LogP contribution in [0.3, 0.4) is 0 Å². The second kappa shape index (κ2) is 9.20. The lowest BCUT2D eigenvalue weighted by Gasteiger charge is -2.50. The highest BCUT2D eigenvalue weighted by Crippen LogP contribution is 2.45. The van der Waals surface area contributed by atoms with Crippen LogP contribution >= 0.6 is 0 Å². The number of fused-ring (bicyclic) bond motifs is 4. The first-order valence-corrected chi connectivity index (χ1v) is 13.8. The van der Waals surface area contributed by atoms with Gasteiger partial charge >= 0.3 is 0 Å². The van der Waals surface area contributed by atoms with Crippen LogP contribution < -0.4 is 10.6 Å². The van der Waals surface area contributed by atoms with Crippen molar-refractivity contribution in [3.63, 3.8) is 0 Å². The maximum absolute atomic E-state index is 13.7. The molecule has 1 aliphatic carbocycles. The van der Waals surface area contributed by atoms with Crippen LogP contribution in [-0.2, 0) is 10.2 Å². The van der Waals surface area contributed by atoms with Crippen LogP contribution in [0, 0.1) is 0 Å². The van der Waals surface area contributed by atoms with Crippen molar-refractivity contribution in [2.75, 3.05) is 44.3 Å². The van der Waals surface area contributed by atoms with Crippen molar-refractivity contribution in [2.45, 2.75) is 57.4 Å². The molecule has 0 unspecified atom stereocenters. The zero-order valence-corrected chi connectivity index (χ0v) is 22.6. The van der Waals surface area contributed by atoms with Gasteiger partial charge in [0.1, 0.15) is 5.82 Å². The molecule has 4 heterocycles.